The first-order valence-corrected chi connectivity index (χ1v) is 4.68. The minimum absolute atomic E-state index is 0.315. The van der Waals surface area contributed by atoms with Crippen molar-refractivity contribution in [1.82, 2.24) is 4.98 Å². The molecule has 2 heterocycles. The van der Waals surface area contributed by atoms with Crippen molar-refractivity contribution in [1.29, 1.82) is 0 Å². The lowest BCUT2D eigenvalue weighted by atomic mass is 10.1. The van der Waals surface area contributed by atoms with Crippen LogP contribution < -0.4 is 10.6 Å². The molecule has 1 aliphatic heterocycles. The van der Waals surface area contributed by atoms with E-state index in [4.69, 9.17) is 5.73 Å². The second-order valence-corrected chi connectivity index (χ2v) is 3.47. The second kappa shape index (κ2) is 3.75. The highest BCUT2D eigenvalue weighted by Crippen LogP contribution is 2.17. The van der Waals surface area contributed by atoms with Gasteiger partial charge in [-0.3, -0.25) is 4.98 Å². The van der Waals surface area contributed by atoms with Gasteiger partial charge in [0, 0.05) is 43.3 Å². The van der Waals surface area contributed by atoms with Crippen LogP contribution in [0.15, 0.2) is 18.5 Å². The average Bonchev–Trinajstić information content (AvgIpc) is 2.19. The first-order valence-electron chi connectivity index (χ1n) is 4.68. The summed E-state index contributed by atoms with van der Waals surface area (Å²) >= 11 is 0. The smallest absolute Gasteiger partial charge is 0.0478 e. The van der Waals surface area contributed by atoms with Gasteiger partial charge in [0.1, 0.15) is 0 Å². The first kappa shape index (κ1) is 8.51. The van der Waals surface area contributed by atoms with Gasteiger partial charge in [-0.15, -0.1) is 0 Å². The highest BCUT2D eigenvalue weighted by Gasteiger charge is 2.16. The molecule has 2 N–H and O–H groups in total. The molecule has 3 nitrogen and oxygen atoms in total. The molecule has 1 atom stereocenters. The van der Waals surface area contributed by atoms with Crippen molar-refractivity contribution in [3.63, 3.8) is 0 Å². The molecule has 0 saturated carbocycles. The number of nitrogens with zero attached hydrogens (tertiary/aromatic N) is 2. The van der Waals surface area contributed by atoms with E-state index in [9.17, 15) is 0 Å². The van der Waals surface area contributed by atoms with E-state index in [0.29, 0.717) is 6.04 Å². The summed E-state index contributed by atoms with van der Waals surface area (Å²) in [5.74, 6) is 0. The highest BCUT2D eigenvalue weighted by molar-refractivity contribution is 5.43. The Morgan fingerprint density at radius 1 is 1.62 bits per heavy atom. The first-order chi connectivity index (χ1) is 6.36. The lowest BCUT2D eigenvalue weighted by molar-refractivity contribution is 0.506. The van der Waals surface area contributed by atoms with Crippen molar-refractivity contribution in [3.05, 3.63) is 24.5 Å². The van der Waals surface area contributed by atoms with Gasteiger partial charge in [0.25, 0.3) is 0 Å². The fourth-order valence-electron chi connectivity index (χ4n) is 1.73. The van der Waals surface area contributed by atoms with Crippen LogP contribution >= 0.6 is 0 Å². The fraction of sp³-hybridized carbons (Fsp3) is 0.500. The molecule has 2 rings (SSSR count). The van der Waals surface area contributed by atoms with E-state index in [1.807, 2.05) is 6.07 Å². The fourth-order valence-corrected chi connectivity index (χ4v) is 1.73. The Hall–Kier alpha value is -1.09. The molecule has 0 unspecified atom stereocenters. The Labute approximate surface area is 78.6 Å². The Kier molecular flexibility index (Phi) is 2.45. The molecule has 69 valence electrons. The molecule has 1 aliphatic rings. The van der Waals surface area contributed by atoms with Crippen LogP contribution in [0.5, 0.6) is 0 Å². The Bertz CT molecular complexity index is 260. The van der Waals surface area contributed by atoms with E-state index in [-0.39, 0.29) is 0 Å². The standard InChI is InChI=1S/C10H14N3/c11-9-2-1-7-13(8-9)10-3-5-12-6-4-10/h3,5-6,9H,1-2,7-8,11H2/t9-/m0/s1. The molecule has 1 radical (unpaired) electrons. The number of rotatable bonds is 1. The van der Waals surface area contributed by atoms with Crippen LogP contribution in [-0.2, 0) is 0 Å². The molecule has 3 heteroatoms. The third-order valence-corrected chi connectivity index (χ3v) is 2.40. The van der Waals surface area contributed by atoms with E-state index in [0.717, 1.165) is 25.2 Å². The van der Waals surface area contributed by atoms with Gasteiger partial charge in [-0.1, -0.05) is 0 Å². The van der Waals surface area contributed by atoms with E-state index in [2.05, 4.69) is 16.0 Å². The quantitative estimate of drug-likeness (QED) is 0.688. The molecule has 1 fully saturated rings. The van der Waals surface area contributed by atoms with Crippen molar-refractivity contribution >= 4 is 5.69 Å². The number of pyridine rings is 1. The summed E-state index contributed by atoms with van der Waals surface area (Å²) in [6.45, 7) is 2.04. The summed E-state index contributed by atoms with van der Waals surface area (Å²) < 4.78 is 0. The maximum atomic E-state index is 5.89. The van der Waals surface area contributed by atoms with Gasteiger partial charge >= 0.3 is 0 Å². The van der Waals surface area contributed by atoms with Crippen molar-refractivity contribution in [2.75, 3.05) is 18.0 Å². The third-order valence-electron chi connectivity index (χ3n) is 2.40. The number of hydrogen-bond donors (Lipinski definition) is 1. The Morgan fingerprint density at radius 3 is 3.23 bits per heavy atom. The van der Waals surface area contributed by atoms with Crippen LogP contribution in [0.25, 0.3) is 0 Å². The van der Waals surface area contributed by atoms with Gasteiger partial charge in [0.15, 0.2) is 0 Å². The summed E-state index contributed by atoms with van der Waals surface area (Å²) in [5, 5.41) is 0. The lowest BCUT2D eigenvalue weighted by Gasteiger charge is -2.32. The number of nitrogens with two attached hydrogens (primary N) is 1. The third kappa shape index (κ3) is 1.98. The van der Waals surface area contributed by atoms with Gasteiger partial charge in [-0.2, -0.15) is 0 Å². The maximum Gasteiger partial charge on any atom is 0.0478 e. The highest BCUT2D eigenvalue weighted by atomic mass is 15.1. The summed E-state index contributed by atoms with van der Waals surface area (Å²) in [4.78, 5) is 6.22. The number of piperidine rings is 1. The van der Waals surface area contributed by atoms with E-state index < -0.39 is 0 Å². The Balaban J connectivity index is 2.08. The molecule has 1 aromatic rings. The second-order valence-electron chi connectivity index (χ2n) is 3.47. The predicted molar refractivity (Wildman–Crippen MR) is 52.5 cm³/mol. The number of aromatic nitrogens is 1. The largest absolute Gasteiger partial charge is 0.369 e. The maximum absolute atomic E-state index is 5.89. The normalized spacial score (nSPS) is 23.2. The SMILES string of the molecule is N[C@H]1CCCN(c2[c]cncc2)C1. The van der Waals surface area contributed by atoms with Gasteiger partial charge in [-0.25, -0.2) is 0 Å². The van der Waals surface area contributed by atoms with E-state index in [1.165, 1.54) is 6.42 Å². The van der Waals surface area contributed by atoms with Crippen LogP contribution in [0.4, 0.5) is 5.69 Å². The molecular formula is C10H14N3. The molecule has 0 bridgehead atoms. The molecular weight excluding hydrogens is 162 g/mol. The van der Waals surface area contributed by atoms with Crippen LogP contribution in [-0.4, -0.2) is 24.1 Å². The average molecular weight is 176 g/mol. The zero-order valence-electron chi connectivity index (χ0n) is 7.61. The minimum atomic E-state index is 0.315. The lowest BCUT2D eigenvalue weighted by Crippen LogP contribution is -2.42. The molecule has 0 aliphatic carbocycles. The molecule has 0 aromatic carbocycles. The molecule has 0 spiro atoms. The van der Waals surface area contributed by atoms with Crippen molar-refractivity contribution in [2.24, 2.45) is 5.73 Å². The summed E-state index contributed by atoms with van der Waals surface area (Å²) in [5.41, 5.74) is 7.01. The molecule has 1 saturated heterocycles. The topological polar surface area (TPSA) is 42.1 Å². The number of anilines is 1. The van der Waals surface area contributed by atoms with Gasteiger partial charge in [-0.05, 0) is 18.9 Å². The van der Waals surface area contributed by atoms with Crippen LogP contribution in [0.2, 0.25) is 0 Å². The van der Waals surface area contributed by atoms with E-state index in [1.54, 1.807) is 12.4 Å². The monoisotopic (exact) mass is 176 g/mol. The number of hydrogen-bond acceptors (Lipinski definition) is 3. The van der Waals surface area contributed by atoms with Crippen molar-refractivity contribution < 1.29 is 0 Å². The summed E-state index contributed by atoms with van der Waals surface area (Å²) in [6.07, 6.45) is 5.82. The molecule has 1 aromatic heterocycles. The van der Waals surface area contributed by atoms with Crippen molar-refractivity contribution in [3.8, 4) is 0 Å². The molecule has 0 amide bonds. The van der Waals surface area contributed by atoms with Gasteiger partial charge in [0.2, 0.25) is 0 Å². The zero-order valence-corrected chi connectivity index (χ0v) is 7.61. The van der Waals surface area contributed by atoms with Gasteiger partial charge < -0.3 is 10.6 Å². The van der Waals surface area contributed by atoms with Crippen LogP contribution in [0.1, 0.15) is 12.8 Å². The predicted octanol–water partition coefficient (Wildman–Crippen LogP) is 0.809. The zero-order chi connectivity index (χ0) is 9.10. The summed E-state index contributed by atoms with van der Waals surface area (Å²) in [6, 6.07) is 5.42. The minimum Gasteiger partial charge on any atom is -0.369 e. The van der Waals surface area contributed by atoms with Gasteiger partial charge in [0.05, 0.1) is 0 Å². The van der Waals surface area contributed by atoms with Crippen LogP contribution in [0, 0.1) is 6.07 Å². The van der Waals surface area contributed by atoms with Crippen LogP contribution in [0.3, 0.4) is 0 Å². The summed E-state index contributed by atoms with van der Waals surface area (Å²) in [7, 11) is 0. The van der Waals surface area contributed by atoms with E-state index >= 15 is 0 Å². The van der Waals surface area contributed by atoms with Crippen molar-refractivity contribution in [2.45, 2.75) is 18.9 Å². The molecule has 13 heavy (non-hydrogen) atoms. The Morgan fingerprint density at radius 2 is 2.54 bits per heavy atom.